The van der Waals surface area contributed by atoms with Gasteiger partial charge in [-0.05, 0) is 0 Å². The van der Waals surface area contributed by atoms with Crippen LogP contribution in [-0.4, -0.2) is 19.0 Å². The van der Waals surface area contributed by atoms with Crippen LogP contribution in [0.1, 0.15) is 5.56 Å². The topological polar surface area (TPSA) is 60.0 Å². The number of rotatable bonds is 3. The minimum absolute atomic E-state index is 0.0260. The Balaban J connectivity index is 2.41. The van der Waals surface area contributed by atoms with Gasteiger partial charge in [-0.25, -0.2) is 4.39 Å². The number of aromatic hydroxyl groups is 1. The molecule has 0 saturated heterocycles. The van der Waals surface area contributed by atoms with E-state index in [2.05, 4.69) is 10.3 Å². The fourth-order valence-electron chi connectivity index (χ4n) is 1.38. The molecule has 1 heterocycles. The monoisotopic (exact) mass is 215 g/mol. The molecule has 2 rings (SSSR count). The van der Waals surface area contributed by atoms with E-state index in [9.17, 15) is 9.50 Å². The fraction of sp³-hybridized carbons (Fsp3) is 0.333. The highest BCUT2D eigenvalue weighted by Gasteiger charge is 2.24. The number of nitrogens with one attached hydrogen (secondary N) is 1. The number of hydroxylamine groups is 1. The standard InChI is InChI=1S/C9H10FNO4/c1-13-11-3-5-8(12)6(10)2-7-9(5)15-4-14-7/h2,11-12H,3-4H2,1H3. The van der Waals surface area contributed by atoms with Crippen molar-refractivity contribution in [2.45, 2.75) is 6.54 Å². The summed E-state index contributed by atoms with van der Waals surface area (Å²) in [5.41, 5.74) is 2.78. The second-order valence-electron chi connectivity index (χ2n) is 2.94. The van der Waals surface area contributed by atoms with Gasteiger partial charge in [-0.3, -0.25) is 0 Å². The summed E-state index contributed by atoms with van der Waals surface area (Å²) in [7, 11) is 1.42. The summed E-state index contributed by atoms with van der Waals surface area (Å²) in [5.74, 6) is -0.562. The van der Waals surface area contributed by atoms with Crippen LogP contribution in [0.5, 0.6) is 17.2 Å². The average molecular weight is 215 g/mol. The lowest BCUT2D eigenvalue weighted by atomic mass is 10.1. The Morgan fingerprint density at radius 3 is 3.13 bits per heavy atom. The van der Waals surface area contributed by atoms with Gasteiger partial charge in [0.2, 0.25) is 6.79 Å². The van der Waals surface area contributed by atoms with Crippen LogP contribution >= 0.6 is 0 Å². The Labute approximate surface area is 85.3 Å². The molecule has 0 fully saturated rings. The van der Waals surface area contributed by atoms with E-state index in [0.717, 1.165) is 6.07 Å². The third kappa shape index (κ3) is 1.69. The van der Waals surface area contributed by atoms with Gasteiger partial charge >= 0.3 is 0 Å². The quantitative estimate of drug-likeness (QED) is 0.734. The molecule has 0 saturated carbocycles. The van der Waals surface area contributed by atoms with Crippen LogP contribution in [0.15, 0.2) is 6.07 Å². The minimum atomic E-state index is -0.743. The maximum atomic E-state index is 13.2. The van der Waals surface area contributed by atoms with Gasteiger partial charge in [0.1, 0.15) is 0 Å². The Morgan fingerprint density at radius 1 is 1.60 bits per heavy atom. The number of fused-ring (bicyclic) bond motifs is 1. The largest absolute Gasteiger partial charge is 0.504 e. The van der Waals surface area contributed by atoms with Crippen LogP contribution in [0.3, 0.4) is 0 Å². The summed E-state index contributed by atoms with van der Waals surface area (Å²) in [5, 5.41) is 9.48. The Kier molecular flexibility index (Phi) is 2.61. The van der Waals surface area contributed by atoms with Gasteiger partial charge in [-0.2, -0.15) is 5.48 Å². The van der Waals surface area contributed by atoms with Crippen LogP contribution in [0.4, 0.5) is 4.39 Å². The normalized spacial score (nSPS) is 13.2. The van der Waals surface area contributed by atoms with Crippen molar-refractivity contribution < 1.29 is 23.8 Å². The van der Waals surface area contributed by atoms with Crippen molar-refractivity contribution in [3.63, 3.8) is 0 Å². The number of phenolic OH excluding ortho intramolecular Hbond substituents is 1. The molecule has 0 radical (unpaired) electrons. The Morgan fingerprint density at radius 2 is 2.40 bits per heavy atom. The molecule has 0 aliphatic carbocycles. The summed E-state index contributed by atoms with van der Waals surface area (Å²) in [6.45, 7) is 0.157. The van der Waals surface area contributed by atoms with Gasteiger partial charge in [-0.1, -0.05) is 0 Å². The zero-order chi connectivity index (χ0) is 10.8. The second kappa shape index (κ2) is 3.92. The molecular formula is C9H10FNO4. The molecule has 1 aliphatic rings. The van der Waals surface area contributed by atoms with Gasteiger partial charge in [0.15, 0.2) is 23.1 Å². The highest BCUT2D eigenvalue weighted by molar-refractivity contribution is 5.55. The van der Waals surface area contributed by atoms with E-state index in [1.54, 1.807) is 0 Å². The van der Waals surface area contributed by atoms with E-state index in [4.69, 9.17) is 9.47 Å². The van der Waals surface area contributed by atoms with E-state index in [1.807, 2.05) is 0 Å². The SMILES string of the molecule is CONCc1c(O)c(F)cc2c1OCO2. The van der Waals surface area contributed by atoms with E-state index in [1.165, 1.54) is 7.11 Å². The van der Waals surface area contributed by atoms with E-state index >= 15 is 0 Å². The van der Waals surface area contributed by atoms with Gasteiger partial charge in [0.25, 0.3) is 0 Å². The van der Waals surface area contributed by atoms with Crippen molar-refractivity contribution in [3.05, 3.63) is 17.4 Å². The summed E-state index contributed by atoms with van der Waals surface area (Å²) >= 11 is 0. The molecule has 0 aromatic heterocycles. The number of halogens is 1. The summed E-state index contributed by atoms with van der Waals surface area (Å²) in [4.78, 5) is 4.62. The van der Waals surface area contributed by atoms with Crippen molar-refractivity contribution >= 4 is 0 Å². The first kappa shape index (κ1) is 10.0. The molecule has 82 valence electrons. The van der Waals surface area contributed by atoms with Crippen LogP contribution in [0.25, 0.3) is 0 Å². The highest BCUT2D eigenvalue weighted by atomic mass is 19.1. The van der Waals surface area contributed by atoms with E-state index in [-0.39, 0.29) is 18.9 Å². The number of hydrogen-bond donors (Lipinski definition) is 2. The number of ether oxygens (including phenoxy) is 2. The zero-order valence-corrected chi connectivity index (χ0v) is 8.04. The average Bonchev–Trinajstić information content (AvgIpc) is 2.66. The molecule has 0 atom stereocenters. The van der Waals surface area contributed by atoms with Gasteiger partial charge in [0.05, 0.1) is 19.2 Å². The molecule has 6 heteroatoms. The second-order valence-corrected chi connectivity index (χ2v) is 2.94. The maximum absolute atomic E-state index is 13.2. The first-order valence-electron chi connectivity index (χ1n) is 4.30. The van der Waals surface area contributed by atoms with Crippen molar-refractivity contribution in [3.8, 4) is 17.2 Å². The van der Waals surface area contributed by atoms with Crippen LogP contribution in [0, 0.1) is 5.82 Å². The van der Waals surface area contributed by atoms with Crippen LogP contribution in [0.2, 0.25) is 0 Å². The molecule has 2 N–H and O–H groups in total. The van der Waals surface area contributed by atoms with Crippen LogP contribution in [-0.2, 0) is 11.4 Å². The van der Waals surface area contributed by atoms with Crippen molar-refractivity contribution in [1.29, 1.82) is 0 Å². The Bertz CT molecular complexity index is 383. The summed E-state index contributed by atoms with van der Waals surface area (Å²) in [6, 6.07) is 1.09. The lowest BCUT2D eigenvalue weighted by Crippen LogP contribution is -2.11. The third-order valence-corrected chi connectivity index (χ3v) is 2.08. The molecule has 0 bridgehead atoms. The van der Waals surface area contributed by atoms with Gasteiger partial charge < -0.3 is 19.4 Å². The smallest absolute Gasteiger partial charge is 0.231 e. The van der Waals surface area contributed by atoms with Crippen molar-refractivity contribution in [1.82, 2.24) is 5.48 Å². The summed E-state index contributed by atoms with van der Waals surface area (Å²) in [6.07, 6.45) is 0. The number of phenols is 1. The molecular weight excluding hydrogens is 205 g/mol. The maximum Gasteiger partial charge on any atom is 0.231 e. The van der Waals surface area contributed by atoms with E-state index < -0.39 is 11.6 Å². The summed E-state index contributed by atoms with van der Waals surface area (Å²) < 4.78 is 23.3. The number of benzene rings is 1. The first-order valence-corrected chi connectivity index (χ1v) is 4.30. The van der Waals surface area contributed by atoms with Crippen molar-refractivity contribution in [2.75, 3.05) is 13.9 Å². The van der Waals surface area contributed by atoms with Crippen LogP contribution < -0.4 is 15.0 Å². The molecule has 1 aliphatic heterocycles. The fourth-order valence-corrected chi connectivity index (χ4v) is 1.38. The first-order chi connectivity index (χ1) is 7.24. The molecule has 1 aromatic carbocycles. The Hall–Kier alpha value is -1.53. The molecule has 15 heavy (non-hydrogen) atoms. The minimum Gasteiger partial charge on any atom is -0.504 e. The van der Waals surface area contributed by atoms with E-state index in [0.29, 0.717) is 11.5 Å². The highest BCUT2D eigenvalue weighted by Crippen LogP contribution is 2.41. The molecule has 5 nitrogen and oxygen atoms in total. The van der Waals surface area contributed by atoms with Gasteiger partial charge in [-0.15, -0.1) is 0 Å². The lowest BCUT2D eigenvalue weighted by molar-refractivity contribution is 0.0851. The molecule has 0 unspecified atom stereocenters. The lowest BCUT2D eigenvalue weighted by Gasteiger charge is -2.09. The predicted molar refractivity (Wildman–Crippen MR) is 48.0 cm³/mol. The molecule has 0 amide bonds. The van der Waals surface area contributed by atoms with Crippen molar-refractivity contribution in [2.24, 2.45) is 0 Å². The third-order valence-electron chi connectivity index (χ3n) is 2.08. The van der Waals surface area contributed by atoms with Gasteiger partial charge in [0, 0.05) is 6.07 Å². The zero-order valence-electron chi connectivity index (χ0n) is 8.04. The molecule has 1 aromatic rings. The predicted octanol–water partition coefficient (Wildman–Crippen LogP) is 0.911. The molecule has 0 spiro atoms. The number of hydrogen-bond acceptors (Lipinski definition) is 5.